The molecular formula is C23H20N4O5. The normalized spacial score (nSPS) is 17.6. The molecule has 1 amide bonds. The first-order valence-corrected chi connectivity index (χ1v) is 10.0. The maximum absolute atomic E-state index is 13.0. The molecule has 0 radical (unpaired) electrons. The van der Waals surface area contributed by atoms with Crippen LogP contribution in [0, 0.1) is 10.1 Å². The van der Waals surface area contributed by atoms with Crippen molar-refractivity contribution in [2.24, 2.45) is 0 Å². The number of aliphatic hydroxyl groups excluding tert-OH is 1. The van der Waals surface area contributed by atoms with Crippen LogP contribution in [0.3, 0.4) is 0 Å². The summed E-state index contributed by atoms with van der Waals surface area (Å²) in [5.41, 5.74) is 0.536. The summed E-state index contributed by atoms with van der Waals surface area (Å²) < 4.78 is 1.85. The molecule has 2 heterocycles. The first-order valence-electron chi connectivity index (χ1n) is 10.0. The standard InChI is InChI=1S/C23H20N4O5/c28-21(16-6-2-1-3-7-16)19-20(17-8-4-9-18(14-17)27(31)32)26(23(30)22(19)29)12-5-11-25-13-10-24-15-25/h1-4,6-10,13-15,20,28H,5,11-12H2/b21-19+. The van der Waals surface area contributed by atoms with Gasteiger partial charge in [0.1, 0.15) is 5.76 Å². The molecule has 1 N–H and O–H groups in total. The Morgan fingerprint density at radius 2 is 1.88 bits per heavy atom. The molecule has 1 saturated heterocycles. The van der Waals surface area contributed by atoms with Crippen molar-refractivity contribution in [3.8, 4) is 0 Å². The Bertz CT molecular complexity index is 1190. The minimum absolute atomic E-state index is 0.0793. The Kier molecular flexibility index (Phi) is 5.80. The molecule has 1 aliphatic heterocycles. The van der Waals surface area contributed by atoms with Crippen LogP contribution in [0.4, 0.5) is 5.69 Å². The van der Waals surface area contributed by atoms with Crippen LogP contribution in [-0.2, 0) is 16.1 Å². The zero-order chi connectivity index (χ0) is 22.7. The Hall–Kier alpha value is -4.27. The van der Waals surface area contributed by atoms with Crippen molar-refractivity contribution in [1.29, 1.82) is 0 Å². The topological polar surface area (TPSA) is 119 Å². The molecule has 2 aromatic carbocycles. The van der Waals surface area contributed by atoms with Gasteiger partial charge in [-0.05, 0) is 12.0 Å². The van der Waals surface area contributed by atoms with Gasteiger partial charge in [0.05, 0.1) is 22.9 Å². The van der Waals surface area contributed by atoms with Crippen LogP contribution in [0.2, 0.25) is 0 Å². The van der Waals surface area contributed by atoms with Crippen LogP contribution in [0.1, 0.15) is 23.6 Å². The van der Waals surface area contributed by atoms with Crippen molar-refractivity contribution in [1.82, 2.24) is 14.5 Å². The van der Waals surface area contributed by atoms with Crippen LogP contribution >= 0.6 is 0 Å². The molecule has 9 nitrogen and oxygen atoms in total. The molecule has 162 valence electrons. The van der Waals surface area contributed by atoms with E-state index in [2.05, 4.69) is 4.98 Å². The van der Waals surface area contributed by atoms with E-state index in [1.54, 1.807) is 55.1 Å². The molecule has 1 unspecified atom stereocenters. The van der Waals surface area contributed by atoms with Gasteiger partial charge in [-0.3, -0.25) is 19.7 Å². The maximum Gasteiger partial charge on any atom is 0.295 e. The highest BCUT2D eigenvalue weighted by Gasteiger charge is 2.46. The van der Waals surface area contributed by atoms with Crippen LogP contribution < -0.4 is 0 Å². The molecule has 1 atom stereocenters. The number of ketones is 1. The largest absolute Gasteiger partial charge is 0.507 e. The number of aliphatic hydroxyl groups is 1. The molecule has 9 heteroatoms. The van der Waals surface area contributed by atoms with E-state index >= 15 is 0 Å². The van der Waals surface area contributed by atoms with E-state index in [4.69, 9.17) is 0 Å². The lowest BCUT2D eigenvalue weighted by molar-refractivity contribution is -0.384. The number of benzene rings is 2. The second kappa shape index (κ2) is 8.84. The highest BCUT2D eigenvalue weighted by atomic mass is 16.6. The van der Waals surface area contributed by atoms with E-state index in [9.17, 15) is 24.8 Å². The number of hydrogen-bond acceptors (Lipinski definition) is 6. The van der Waals surface area contributed by atoms with Crippen molar-refractivity contribution in [3.05, 3.63) is 100 Å². The van der Waals surface area contributed by atoms with Crippen LogP contribution in [0.5, 0.6) is 0 Å². The van der Waals surface area contributed by atoms with Crippen molar-refractivity contribution >= 4 is 23.1 Å². The number of carbonyl (C=O) groups is 2. The zero-order valence-corrected chi connectivity index (χ0v) is 17.0. The van der Waals surface area contributed by atoms with Crippen molar-refractivity contribution in [2.75, 3.05) is 6.54 Å². The number of amides is 1. The summed E-state index contributed by atoms with van der Waals surface area (Å²) in [4.78, 5) is 42.0. The van der Waals surface area contributed by atoms with Gasteiger partial charge in [-0.15, -0.1) is 0 Å². The molecule has 32 heavy (non-hydrogen) atoms. The van der Waals surface area contributed by atoms with Gasteiger partial charge in [-0.1, -0.05) is 42.5 Å². The lowest BCUT2D eigenvalue weighted by Gasteiger charge is -2.25. The third kappa shape index (κ3) is 4.00. The minimum Gasteiger partial charge on any atom is -0.507 e. The van der Waals surface area contributed by atoms with Gasteiger partial charge in [0.25, 0.3) is 17.4 Å². The third-order valence-corrected chi connectivity index (χ3v) is 5.36. The molecular weight excluding hydrogens is 412 g/mol. The predicted molar refractivity (Wildman–Crippen MR) is 115 cm³/mol. The number of aromatic nitrogens is 2. The number of aryl methyl sites for hydroxylation is 1. The fourth-order valence-electron chi connectivity index (χ4n) is 3.86. The van der Waals surface area contributed by atoms with E-state index in [0.29, 0.717) is 24.1 Å². The first-order chi connectivity index (χ1) is 15.5. The minimum atomic E-state index is -0.933. The second-order valence-corrected chi connectivity index (χ2v) is 7.36. The lowest BCUT2D eigenvalue weighted by atomic mass is 9.95. The van der Waals surface area contributed by atoms with Crippen molar-refractivity contribution in [2.45, 2.75) is 19.0 Å². The third-order valence-electron chi connectivity index (χ3n) is 5.36. The number of carbonyl (C=O) groups excluding carboxylic acids is 2. The summed E-state index contributed by atoms with van der Waals surface area (Å²) in [5.74, 6) is -1.87. The average molecular weight is 432 g/mol. The Balaban J connectivity index is 1.76. The monoisotopic (exact) mass is 432 g/mol. The molecule has 1 aliphatic rings. The molecule has 1 fully saturated rings. The summed E-state index contributed by atoms with van der Waals surface area (Å²) in [6, 6.07) is 13.3. The average Bonchev–Trinajstić information content (AvgIpc) is 3.41. The number of imidazole rings is 1. The van der Waals surface area contributed by atoms with Gasteiger partial charge < -0.3 is 14.6 Å². The summed E-state index contributed by atoms with van der Waals surface area (Å²) in [5, 5.41) is 22.3. The SMILES string of the molecule is O=C1C(=O)N(CCCn2ccnc2)C(c2cccc([N+](=O)[O-])c2)/C1=C(\O)c1ccccc1. The summed E-state index contributed by atoms with van der Waals surface area (Å²) >= 11 is 0. The van der Waals surface area contributed by atoms with Gasteiger partial charge in [-0.2, -0.15) is 0 Å². The van der Waals surface area contributed by atoms with Crippen LogP contribution in [-0.4, -0.2) is 42.7 Å². The quantitative estimate of drug-likeness (QED) is 0.201. The Morgan fingerprint density at radius 3 is 2.56 bits per heavy atom. The van der Waals surface area contributed by atoms with E-state index < -0.39 is 22.7 Å². The highest BCUT2D eigenvalue weighted by molar-refractivity contribution is 6.46. The van der Waals surface area contributed by atoms with E-state index in [1.165, 1.54) is 23.1 Å². The number of likely N-dealkylation sites (tertiary alicyclic amines) is 1. The van der Waals surface area contributed by atoms with Crippen LogP contribution in [0.15, 0.2) is 78.9 Å². The highest BCUT2D eigenvalue weighted by Crippen LogP contribution is 2.40. The summed E-state index contributed by atoms with van der Waals surface area (Å²) in [7, 11) is 0. The number of rotatable bonds is 7. The van der Waals surface area contributed by atoms with Crippen molar-refractivity contribution in [3.63, 3.8) is 0 Å². The van der Waals surface area contributed by atoms with Gasteiger partial charge in [0.15, 0.2) is 0 Å². The van der Waals surface area contributed by atoms with Gasteiger partial charge >= 0.3 is 0 Å². The number of nitro benzene ring substituents is 1. The fourth-order valence-corrected chi connectivity index (χ4v) is 3.86. The number of nitrogens with zero attached hydrogens (tertiary/aromatic N) is 4. The van der Waals surface area contributed by atoms with E-state index in [-0.39, 0.29) is 23.6 Å². The van der Waals surface area contributed by atoms with Gasteiger partial charge in [-0.25, -0.2) is 4.98 Å². The molecule has 0 spiro atoms. The number of nitro groups is 1. The van der Waals surface area contributed by atoms with Gasteiger partial charge in [0, 0.05) is 43.2 Å². The number of hydrogen-bond donors (Lipinski definition) is 1. The Labute approximate surface area is 183 Å². The molecule has 0 aliphatic carbocycles. The zero-order valence-electron chi connectivity index (χ0n) is 17.0. The van der Waals surface area contributed by atoms with Crippen LogP contribution in [0.25, 0.3) is 5.76 Å². The fraction of sp³-hybridized carbons (Fsp3) is 0.174. The molecule has 0 saturated carbocycles. The number of Topliss-reactive ketones (excluding diaryl/α,β-unsaturated/α-hetero) is 1. The summed E-state index contributed by atoms with van der Waals surface area (Å²) in [6.07, 6.45) is 5.62. The summed E-state index contributed by atoms with van der Waals surface area (Å²) in [6.45, 7) is 0.797. The smallest absolute Gasteiger partial charge is 0.295 e. The first kappa shape index (κ1) is 21.0. The molecule has 0 bridgehead atoms. The molecule has 3 aromatic rings. The van der Waals surface area contributed by atoms with Gasteiger partial charge in [0.2, 0.25) is 0 Å². The Morgan fingerprint density at radius 1 is 1.09 bits per heavy atom. The van der Waals surface area contributed by atoms with E-state index in [0.717, 1.165) is 0 Å². The predicted octanol–water partition coefficient (Wildman–Crippen LogP) is 3.30. The maximum atomic E-state index is 13.0. The molecule has 4 rings (SSSR count). The lowest BCUT2D eigenvalue weighted by Crippen LogP contribution is -2.31. The number of non-ortho nitro benzene ring substituents is 1. The van der Waals surface area contributed by atoms with Crippen molar-refractivity contribution < 1.29 is 19.6 Å². The second-order valence-electron chi connectivity index (χ2n) is 7.36. The molecule has 1 aromatic heterocycles. The van der Waals surface area contributed by atoms with E-state index in [1.807, 2.05) is 4.57 Å².